The topological polar surface area (TPSA) is 21.3 Å². The average Bonchev–Trinajstić information content (AvgIpc) is 3.31. The molecule has 2 saturated carbocycles. The first-order chi connectivity index (χ1) is 8.78. The van der Waals surface area contributed by atoms with Gasteiger partial charge < -0.3 is 10.1 Å². The van der Waals surface area contributed by atoms with Crippen LogP contribution >= 0.6 is 0 Å². The lowest BCUT2D eigenvalue weighted by atomic mass is 9.90. The summed E-state index contributed by atoms with van der Waals surface area (Å²) in [5.41, 5.74) is 1.93. The van der Waals surface area contributed by atoms with Gasteiger partial charge in [-0.1, -0.05) is 19.1 Å². The molecular weight excluding hydrogens is 222 g/mol. The van der Waals surface area contributed by atoms with Crippen molar-refractivity contribution >= 4 is 0 Å². The number of hydrogen-bond acceptors (Lipinski definition) is 2. The summed E-state index contributed by atoms with van der Waals surface area (Å²) in [7, 11) is 1.73. The number of ether oxygens (including phenoxy) is 1. The van der Waals surface area contributed by atoms with Gasteiger partial charge in [-0.15, -0.1) is 0 Å². The Morgan fingerprint density at radius 2 is 2.00 bits per heavy atom. The van der Waals surface area contributed by atoms with Crippen LogP contribution in [0.5, 0.6) is 5.75 Å². The third kappa shape index (κ3) is 2.14. The van der Waals surface area contributed by atoms with Gasteiger partial charge in [0.25, 0.3) is 0 Å². The second-order valence-corrected chi connectivity index (χ2v) is 5.82. The highest BCUT2D eigenvalue weighted by Gasteiger charge is 2.53. The van der Waals surface area contributed by atoms with Crippen LogP contribution in [0.4, 0.5) is 0 Å². The molecule has 2 aliphatic carbocycles. The van der Waals surface area contributed by atoms with Crippen molar-refractivity contribution in [2.45, 2.75) is 44.1 Å². The van der Waals surface area contributed by atoms with Crippen LogP contribution in [-0.4, -0.2) is 19.7 Å². The van der Waals surface area contributed by atoms with Crippen LogP contribution in [0.15, 0.2) is 24.3 Å². The predicted molar refractivity (Wildman–Crippen MR) is 74.1 cm³/mol. The van der Waals surface area contributed by atoms with E-state index in [9.17, 15) is 0 Å². The van der Waals surface area contributed by atoms with E-state index in [-0.39, 0.29) is 0 Å². The highest BCUT2D eigenvalue weighted by atomic mass is 16.5. The quantitative estimate of drug-likeness (QED) is 0.831. The third-order valence-electron chi connectivity index (χ3n) is 4.76. The van der Waals surface area contributed by atoms with E-state index in [1.54, 1.807) is 7.11 Å². The van der Waals surface area contributed by atoms with Crippen molar-refractivity contribution < 1.29 is 4.74 Å². The van der Waals surface area contributed by atoms with E-state index < -0.39 is 0 Å². The Balaban J connectivity index is 1.67. The summed E-state index contributed by atoms with van der Waals surface area (Å²) in [6, 6.07) is 9.52. The van der Waals surface area contributed by atoms with E-state index in [0.29, 0.717) is 5.41 Å². The standard InChI is InChI=1S/C16H23NO/c1-3-16(10-13(16)11-17-14-6-7-14)12-4-8-15(18-2)9-5-12/h4-5,8-9,13-14,17H,3,6-7,10-11H2,1-2H3. The maximum Gasteiger partial charge on any atom is 0.118 e. The van der Waals surface area contributed by atoms with Gasteiger partial charge in [-0.2, -0.15) is 0 Å². The SMILES string of the molecule is CCC1(c2ccc(OC)cc2)CC1CNC1CC1. The molecule has 3 rings (SSSR count). The Labute approximate surface area is 110 Å². The number of hydrogen-bond donors (Lipinski definition) is 1. The molecule has 1 aromatic carbocycles. The Morgan fingerprint density at radius 1 is 1.28 bits per heavy atom. The van der Waals surface area contributed by atoms with Crippen molar-refractivity contribution in [3.8, 4) is 5.75 Å². The molecule has 2 atom stereocenters. The smallest absolute Gasteiger partial charge is 0.118 e. The Bertz CT molecular complexity index is 410. The summed E-state index contributed by atoms with van der Waals surface area (Å²) < 4.78 is 5.24. The molecule has 0 spiro atoms. The lowest BCUT2D eigenvalue weighted by Crippen LogP contribution is -2.23. The number of rotatable bonds is 6. The molecule has 0 bridgehead atoms. The van der Waals surface area contributed by atoms with Crippen LogP contribution in [0.3, 0.4) is 0 Å². The number of nitrogens with one attached hydrogen (secondary N) is 1. The second-order valence-electron chi connectivity index (χ2n) is 5.82. The van der Waals surface area contributed by atoms with Crippen molar-refractivity contribution in [3.05, 3.63) is 29.8 Å². The maximum absolute atomic E-state index is 5.24. The van der Waals surface area contributed by atoms with Crippen LogP contribution in [0, 0.1) is 5.92 Å². The number of benzene rings is 1. The molecule has 0 aliphatic heterocycles. The molecule has 2 fully saturated rings. The lowest BCUT2D eigenvalue weighted by Gasteiger charge is -2.16. The van der Waals surface area contributed by atoms with E-state index in [4.69, 9.17) is 4.74 Å². The zero-order valence-electron chi connectivity index (χ0n) is 11.4. The molecule has 0 radical (unpaired) electrons. The summed E-state index contributed by atoms with van der Waals surface area (Å²) in [6.07, 6.45) is 5.36. The fourth-order valence-corrected chi connectivity index (χ4v) is 3.16. The molecular formula is C16H23NO. The fourth-order valence-electron chi connectivity index (χ4n) is 3.16. The molecule has 2 nitrogen and oxygen atoms in total. The Kier molecular flexibility index (Phi) is 3.06. The van der Waals surface area contributed by atoms with E-state index in [1.807, 2.05) is 0 Å². The molecule has 1 N–H and O–H groups in total. The lowest BCUT2D eigenvalue weighted by molar-refractivity contribution is 0.414. The highest BCUT2D eigenvalue weighted by Crippen LogP contribution is 2.56. The average molecular weight is 245 g/mol. The molecule has 0 saturated heterocycles. The molecule has 2 aliphatic rings. The van der Waals surface area contributed by atoms with Gasteiger partial charge in [-0.3, -0.25) is 0 Å². The first-order valence-corrected chi connectivity index (χ1v) is 7.16. The highest BCUT2D eigenvalue weighted by molar-refractivity contribution is 5.37. The van der Waals surface area contributed by atoms with Gasteiger partial charge in [0, 0.05) is 6.04 Å². The van der Waals surface area contributed by atoms with Crippen molar-refractivity contribution in [1.29, 1.82) is 0 Å². The van der Waals surface area contributed by atoms with Gasteiger partial charge >= 0.3 is 0 Å². The van der Waals surface area contributed by atoms with Gasteiger partial charge in [-0.05, 0) is 61.3 Å². The second kappa shape index (κ2) is 4.58. The maximum atomic E-state index is 5.24. The van der Waals surface area contributed by atoms with Crippen LogP contribution in [0.25, 0.3) is 0 Å². The summed E-state index contributed by atoms with van der Waals surface area (Å²) >= 11 is 0. The van der Waals surface area contributed by atoms with Crippen LogP contribution in [0.1, 0.15) is 38.2 Å². The normalized spacial score (nSPS) is 30.2. The Morgan fingerprint density at radius 3 is 2.56 bits per heavy atom. The minimum atomic E-state index is 0.439. The molecule has 98 valence electrons. The van der Waals surface area contributed by atoms with E-state index >= 15 is 0 Å². The molecule has 0 heterocycles. The minimum Gasteiger partial charge on any atom is -0.497 e. The summed E-state index contributed by atoms with van der Waals surface area (Å²) in [5.74, 6) is 1.79. The molecule has 2 heteroatoms. The molecule has 2 unspecified atom stereocenters. The van der Waals surface area contributed by atoms with Gasteiger partial charge in [0.1, 0.15) is 5.75 Å². The molecule has 1 aromatic rings. The zero-order valence-corrected chi connectivity index (χ0v) is 11.4. The van der Waals surface area contributed by atoms with Crippen LogP contribution in [-0.2, 0) is 5.41 Å². The molecule has 0 amide bonds. The van der Waals surface area contributed by atoms with Gasteiger partial charge in [0.05, 0.1) is 7.11 Å². The molecule has 0 aromatic heterocycles. The monoisotopic (exact) mass is 245 g/mol. The third-order valence-corrected chi connectivity index (χ3v) is 4.76. The van der Waals surface area contributed by atoms with Gasteiger partial charge in [-0.25, -0.2) is 0 Å². The van der Waals surface area contributed by atoms with Crippen LogP contribution < -0.4 is 10.1 Å². The first-order valence-electron chi connectivity index (χ1n) is 7.16. The van der Waals surface area contributed by atoms with E-state index in [0.717, 1.165) is 17.7 Å². The predicted octanol–water partition coefficient (Wildman–Crippen LogP) is 3.11. The minimum absolute atomic E-state index is 0.439. The van der Waals surface area contributed by atoms with Crippen molar-refractivity contribution in [2.24, 2.45) is 5.92 Å². The largest absolute Gasteiger partial charge is 0.497 e. The van der Waals surface area contributed by atoms with Crippen molar-refractivity contribution in [1.82, 2.24) is 5.32 Å². The van der Waals surface area contributed by atoms with E-state index in [1.165, 1.54) is 37.8 Å². The zero-order chi connectivity index (χ0) is 12.6. The summed E-state index contributed by atoms with van der Waals surface area (Å²) in [6.45, 7) is 3.52. The van der Waals surface area contributed by atoms with Gasteiger partial charge in [0.15, 0.2) is 0 Å². The van der Waals surface area contributed by atoms with Crippen molar-refractivity contribution in [3.63, 3.8) is 0 Å². The van der Waals surface area contributed by atoms with Crippen molar-refractivity contribution in [2.75, 3.05) is 13.7 Å². The molecule has 18 heavy (non-hydrogen) atoms. The van der Waals surface area contributed by atoms with Gasteiger partial charge in [0.2, 0.25) is 0 Å². The summed E-state index contributed by atoms with van der Waals surface area (Å²) in [4.78, 5) is 0. The Hall–Kier alpha value is -1.02. The number of methoxy groups -OCH3 is 1. The fraction of sp³-hybridized carbons (Fsp3) is 0.625. The van der Waals surface area contributed by atoms with Crippen LogP contribution in [0.2, 0.25) is 0 Å². The first kappa shape index (κ1) is 12.0. The summed E-state index contributed by atoms with van der Waals surface area (Å²) in [5, 5.41) is 3.68. The van der Waals surface area contributed by atoms with E-state index in [2.05, 4.69) is 36.5 Å².